The van der Waals surface area contributed by atoms with Crippen LogP contribution in [0.5, 0.6) is 11.5 Å². The first kappa shape index (κ1) is 21.9. The van der Waals surface area contributed by atoms with Crippen LogP contribution in [0.1, 0.15) is 19.4 Å². The minimum atomic E-state index is 0.131. The fourth-order valence-corrected chi connectivity index (χ4v) is 3.63. The Hall–Kier alpha value is -3.36. The van der Waals surface area contributed by atoms with Crippen LogP contribution in [0.2, 0.25) is 0 Å². The topological polar surface area (TPSA) is 96.6 Å². The van der Waals surface area contributed by atoms with Crippen LogP contribution in [0.15, 0.2) is 47.1 Å². The molecule has 0 bridgehead atoms. The van der Waals surface area contributed by atoms with Crippen molar-refractivity contribution in [3.05, 3.63) is 48.2 Å². The number of fused-ring (bicyclic) bond motifs is 1. The average molecular weight is 437 g/mol. The molecule has 0 radical (unpaired) electrons. The highest BCUT2D eigenvalue weighted by Gasteiger charge is 2.15. The first-order valence-electron chi connectivity index (χ1n) is 10.8. The minimum absolute atomic E-state index is 0.131. The van der Waals surface area contributed by atoms with Crippen LogP contribution < -0.4 is 9.47 Å². The van der Waals surface area contributed by atoms with E-state index < -0.39 is 0 Å². The predicted molar refractivity (Wildman–Crippen MR) is 123 cm³/mol. The lowest BCUT2D eigenvalue weighted by Gasteiger charge is -2.14. The van der Waals surface area contributed by atoms with Gasteiger partial charge in [0.05, 0.1) is 19.8 Å². The smallest absolute Gasteiger partial charge is 0.258 e. The highest BCUT2D eigenvalue weighted by atomic mass is 16.5. The van der Waals surface area contributed by atoms with Crippen LogP contribution >= 0.6 is 0 Å². The van der Waals surface area contributed by atoms with Crippen molar-refractivity contribution in [2.24, 2.45) is 0 Å². The Balaban J connectivity index is 1.62. The molecule has 0 unspecified atom stereocenters. The molecule has 0 saturated carbocycles. The second-order valence-corrected chi connectivity index (χ2v) is 7.49. The molecule has 0 fully saturated rings. The summed E-state index contributed by atoms with van der Waals surface area (Å²) in [5.41, 5.74) is 3.82. The zero-order valence-electron chi connectivity index (χ0n) is 18.6. The van der Waals surface area contributed by atoms with Gasteiger partial charge in [-0.3, -0.25) is 4.90 Å². The van der Waals surface area contributed by atoms with Gasteiger partial charge in [0.25, 0.3) is 5.89 Å². The summed E-state index contributed by atoms with van der Waals surface area (Å²) in [6.45, 7) is 6.44. The Labute approximate surface area is 186 Å². The Kier molecular flexibility index (Phi) is 6.72. The molecule has 0 atom stereocenters. The van der Waals surface area contributed by atoms with Crippen molar-refractivity contribution >= 4 is 10.9 Å². The van der Waals surface area contributed by atoms with Crippen molar-refractivity contribution in [1.82, 2.24) is 20.0 Å². The summed E-state index contributed by atoms with van der Waals surface area (Å²) in [6.07, 6.45) is 2.00. The molecule has 168 valence electrons. The van der Waals surface area contributed by atoms with E-state index in [1.807, 2.05) is 57.4 Å². The van der Waals surface area contributed by atoms with Gasteiger partial charge in [-0.2, -0.15) is 4.98 Å². The van der Waals surface area contributed by atoms with Gasteiger partial charge >= 0.3 is 0 Å². The highest BCUT2D eigenvalue weighted by molar-refractivity contribution is 5.87. The Morgan fingerprint density at radius 3 is 2.59 bits per heavy atom. The molecule has 8 heteroatoms. The number of hydrogen-bond donors (Lipinski definition) is 2. The van der Waals surface area contributed by atoms with E-state index in [4.69, 9.17) is 19.1 Å². The fourth-order valence-electron chi connectivity index (χ4n) is 3.63. The maximum absolute atomic E-state index is 9.17. The lowest BCUT2D eigenvalue weighted by Crippen LogP contribution is -2.21. The Bertz CT molecular complexity index is 1180. The number of benzene rings is 2. The van der Waals surface area contributed by atoms with Gasteiger partial charge in [-0.1, -0.05) is 5.16 Å². The van der Waals surface area contributed by atoms with Crippen molar-refractivity contribution < 1.29 is 19.1 Å². The van der Waals surface area contributed by atoms with E-state index in [-0.39, 0.29) is 6.61 Å². The lowest BCUT2D eigenvalue weighted by atomic mass is 10.1. The number of nitrogens with zero attached hydrogens (tertiary/aromatic N) is 3. The number of rotatable bonds is 10. The number of aromatic amines is 1. The molecule has 4 rings (SSSR count). The first-order chi connectivity index (χ1) is 15.6. The maximum Gasteiger partial charge on any atom is 0.258 e. The molecule has 8 nitrogen and oxygen atoms in total. The van der Waals surface area contributed by atoms with Crippen LogP contribution in [0, 0.1) is 0 Å². The largest absolute Gasteiger partial charge is 0.490 e. The molecule has 0 saturated heterocycles. The molecule has 32 heavy (non-hydrogen) atoms. The molecule has 4 aromatic rings. The summed E-state index contributed by atoms with van der Waals surface area (Å²) in [6, 6.07) is 11.6. The third kappa shape index (κ3) is 4.61. The van der Waals surface area contributed by atoms with Gasteiger partial charge in [-0.05, 0) is 62.9 Å². The van der Waals surface area contributed by atoms with E-state index in [1.165, 1.54) is 0 Å². The van der Waals surface area contributed by atoms with Crippen LogP contribution in [0.4, 0.5) is 0 Å². The molecular weight excluding hydrogens is 408 g/mol. The van der Waals surface area contributed by atoms with Crippen molar-refractivity contribution in [2.75, 3.05) is 33.4 Å². The Morgan fingerprint density at radius 1 is 1.03 bits per heavy atom. The number of likely N-dealkylation sites (N-methyl/N-ethyl adjacent to an activating group) is 1. The van der Waals surface area contributed by atoms with E-state index >= 15 is 0 Å². The summed E-state index contributed by atoms with van der Waals surface area (Å²) in [5, 5.41) is 14.5. The number of ether oxygens (including phenoxy) is 2. The zero-order chi connectivity index (χ0) is 22.5. The SMILES string of the molecule is CCOc1ccc(-c2nc(-c3ccc4[nH]cc(CN(C)CCO)c4c3)no2)cc1OCC. The second-order valence-electron chi connectivity index (χ2n) is 7.49. The van der Waals surface area contributed by atoms with Gasteiger partial charge < -0.3 is 24.1 Å². The van der Waals surface area contributed by atoms with Crippen LogP contribution in [0.3, 0.4) is 0 Å². The van der Waals surface area contributed by atoms with E-state index in [0.29, 0.717) is 43.0 Å². The van der Waals surface area contributed by atoms with Crippen LogP contribution in [-0.2, 0) is 6.54 Å². The highest BCUT2D eigenvalue weighted by Crippen LogP contribution is 2.33. The molecule has 0 amide bonds. The van der Waals surface area contributed by atoms with Gasteiger partial charge in [0, 0.05) is 41.3 Å². The number of nitrogens with one attached hydrogen (secondary N) is 1. The van der Waals surface area contributed by atoms with Crippen LogP contribution in [-0.4, -0.2) is 58.5 Å². The first-order valence-corrected chi connectivity index (χ1v) is 10.8. The summed E-state index contributed by atoms with van der Waals surface area (Å²) in [4.78, 5) is 9.98. The van der Waals surface area contributed by atoms with E-state index in [1.54, 1.807) is 0 Å². The van der Waals surface area contributed by atoms with Crippen molar-refractivity contribution in [2.45, 2.75) is 20.4 Å². The van der Waals surface area contributed by atoms with Gasteiger partial charge in [0.1, 0.15) is 0 Å². The number of hydrogen-bond acceptors (Lipinski definition) is 7. The van der Waals surface area contributed by atoms with Crippen molar-refractivity contribution in [1.29, 1.82) is 0 Å². The van der Waals surface area contributed by atoms with Crippen molar-refractivity contribution in [3.63, 3.8) is 0 Å². The third-order valence-corrected chi connectivity index (χ3v) is 5.16. The van der Waals surface area contributed by atoms with Gasteiger partial charge in [0.2, 0.25) is 5.82 Å². The molecule has 0 spiro atoms. The van der Waals surface area contributed by atoms with E-state index in [0.717, 1.165) is 34.1 Å². The van der Waals surface area contributed by atoms with Crippen LogP contribution in [0.25, 0.3) is 33.7 Å². The molecule has 2 heterocycles. The van der Waals surface area contributed by atoms with Gasteiger partial charge in [-0.25, -0.2) is 0 Å². The zero-order valence-corrected chi connectivity index (χ0v) is 18.6. The Morgan fingerprint density at radius 2 is 1.81 bits per heavy atom. The molecule has 2 aromatic carbocycles. The number of H-pyrrole nitrogens is 1. The average Bonchev–Trinajstić information content (AvgIpc) is 3.43. The summed E-state index contributed by atoms with van der Waals surface area (Å²) < 4.78 is 16.9. The number of aliphatic hydroxyl groups is 1. The predicted octanol–water partition coefficient (Wildman–Crippen LogP) is 4.11. The van der Waals surface area contributed by atoms with Crippen molar-refractivity contribution in [3.8, 4) is 34.3 Å². The molecule has 0 aliphatic carbocycles. The molecule has 2 aromatic heterocycles. The number of aliphatic hydroxyl groups excluding tert-OH is 1. The second kappa shape index (κ2) is 9.84. The monoisotopic (exact) mass is 436 g/mol. The normalized spacial score (nSPS) is 11.4. The van der Waals surface area contributed by atoms with Gasteiger partial charge in [0.15, 0.2) is 11.5 Å². The summed E-state index contributed by atoms with van der Waals surface area (Å²) in [5.74, 6) is 2.28. The lowest BCUT2D eigenvalue weighted by molar-refractivity contribution is 0.217. The third-order valence-electron chi connectivity index (χ3n) is 5.16. The molecule has 2 N–H and O–H groups in total. The summed E-state index contributed by atoms with van der Waals surface area (Å²) >= 11 is 0. The molecular formula is C24H28N4O4. The minimum Gasteiger partial charge on any atom is -0.490 e. The van der Waals surface area contributed by atoms with Gasteiger partial charge in [-0.15, -0.1) is 0 Å². The fraction of sp³-hybridized carbons (Fsp3) is 0.333. The van der Waals surface area contributed by atoms with E-state index in [9.17, 15) is 0 Å². The standard InChI is InChI=1S/C24H28N4O4/c1-4-30-21-9-7-17(13-22(21)31-5-2)24-26-23(27-32-24)16-6-8-20-19(12-16)18(14-25-20)15-28(3)10-11-29/h6-9,12-14,25,29H,4-5,10-11,15H2,1-3H3. The summed E-state index contributed by atoms with van der Waals surface area (Å²) in [7, 11) is 1.98. The molecule has 0 aliphatic rings. The van der Waals surface area contributed by atoms with E-state index in [2.05, 4.69) is 26.1 Å². The maximum atomic E-state index is 9.17. The number of aromatic nitrogens is 3. The quantitative estimate of drug-likeness (QED) is 0.386. The molecule has 0 aliphatic heterocycles.